The Morgan fingerprint density at radius 1 is 1.33 bits per heavy atom. The Morgan fingerprint density at radius 3 is 2.71 bits per heavy atom. The smallest absolute Gasteiger partial charge is 0.201 e. The molecule has 0 aliphatic heterocycles. The van der Waals surface area contributed by atoms with Gasteiger partial charge in [0.25, 0.3) is 0 Å². The number of ether oxygens (including phenoxy) is 1. The molecule has 1 aromatic heterocycles. The van der Waals surface area contributed by atoms with E-state index in [1.165, 1.54) is 13.2 Å². The molecule has 0 bridgehead atoms. The summed E-state index contributed by atoms with van der Waals surface area (Å²) in [5.41, 5.74) is 7.33. The molecule has 116 valence electrons. The number of aromatic nitrogens is 2. The molecular formula is C15H23FN4O. The van der Waals surface area contributed by atoms with Gasteiger partial charge in [-0.15, -0.1) is 0 Å². The van der Waals surface area contributed by atoms with Crippen LogP contribution in [0.2, 0.25) is 0 Å². The molecule has 0 saturated heterocycles. The van der Waals surface area contributed by atoms with Gasteiger partial charge in [-0.2, -0.15) is 0 Å². The zero-order valence-electron chi connectivity index (χ0n) is 12.9. The van der Waals surface area contributed by atoms with Crippen molar-refractivity contribution in [2.45, 2.75) is 26.8 Å². The zero-order valence-corrected chi connectivity index (χ0v) is 12.9. The minimum absolute atomic E-state index is 0.213. The van der Waals surface area contributed by atoms with Gasteiger partial charge in [0.05, 0.1) is 18.1 Å². The molecule has 0 radical (unpaired) electrons. The summed E-state index contributed by atoms with van der Waals surface area (Å²) < 4.78 is 20.7. The molecular weight excluding hydrogens is 271 g/mol. The molecule has 0 atom stereocenters. The van der Waals surface area contributed by atoms with Crippen LogP contribution in [0.25, 0.3) is 11.0 Å². The fourth-order valence-corrected chi connectivity index (χ4v) is 2.52. The molecule has 0 amide bonds. The van der Waals surface area contributed by atoms with Crippen LogP contribution in [0, 0.1) is 5.82 Å². The third-order valence-corrected chi connectivity index (χ3v) is 3.68. The van der Waals surface area contributed by atoms with Crippen LogP contribution in [0.1, 0.15) is 20.3 Å². The number of imidazole rings is 1. The van der Waals surface area contributed by atoms with E-state index in [4.69, 9.17) is 10.5 Å². The number of nitrogens with zero attached hydrogens (tertiary/aromatic N) is 3. The van der Waals surface area contributed by atoms with Crippen molar-refractivity contribution in [2.75, 3.05) is 32.5 Å². The maximum absolute atomic E-state index is 13.7. The summed E-state index contributed by atoms with van der Waals surface area (Å²) in [7, 11) is 1.45. The quantitative estimate of drug-likeness (QED) is 0.852. The van der Waals surface area contributed by atoms with Crippen LogP contribution in [0.5, 0.6) is 5.75 Å². The lowest BCUT2D eigenvalue weighted by molar-refractivity contribution is 0.278. The molecule has 2 aromatic rings. The number of likely N-dealkylation sites (N-methyl/N-ethyl adjacent to an activating group) is 1. The maximum atomic E-state index is 13.7. The van der Waals surface area contributed by atoms with Gasteiger partial charge in [-0.3, -0.25) is 0 Å². The van der Waals surface area contributed by atoms with Crippen molar-refractivity contribution in [3.63, 3.8) is 0 Å². The Bertz CT molecular complexity index is 611. The number of hydrogen-bond acceptors (Lipinski definition) is 4. The molecule has 0 aliphatic rings. The van der Waals surface area contributed by atoms with Crippen LogP contribution in [0.15, 0.2) is 12.1 Å². The number of nitrogens with two attached hydrogens (primary N) is 1. The van der Waals surface area contributed by atoms with Crippen LogP contribution < -0.4 is 10.5 Å². The predicted molar refractivity (Wildman–Crippen MR) is 83.1 cm³/mol. The monoisotopic (exact) mass is 294 g/mol. The summed E-state index contributed by atoms with van der Waals surface area (Å²) in [5, 5.41) is 0. The second kappa shape index (κ2) is 6.76. The highest BCUT2D eigenvalue weighted by Crippen LogP contribution is 2.26. The van der Waals surface area contributed by atoms with Crippen molar-refractivity contribution in [1.82, 2.24) is 14.5 Å². The summed E-state index contributed by atoms with van der Waals surface area (Å²) in [6.07, 6.45) is 1.12. The van der Waals surface area contributed by atoms with Gasteiger partial charge in [-0.1, -0.05) is 13.8 Å². The summed E-state index contributed by atoms with van der Waals surface area (Å²) in [6, 6.07) is 3.02. The largest absolute Gasteiger partial charge is 0.494 e. The lowest BCUT2D eigenvalue weighted by Gasteiger charge is -2.20. The number of methoxy groups -OCH3 is 1. The van der Waals surface area contributed by atoms with Crippen LogP contribution in [-0.2, 0) is 6.54 Å². The Morgan fingerprint density at radius 2 is 2.10 bits per heavy atom. The second-order valence-electron chi connectivity index (χ2n) is 5.03. The predicted octanol–water partition coefficient (Wildman–Crippen LogP) is 2.50. The highest BCUT2D eigenvalue weighted by molar-refractivity contribution is 5.80. The van der Waals surface area contributed by atoms with Crippen molar-refractivity contribution in [2.24, 2.45) is 0 Å². The SMILES string of the molecule is CCCN(CC)CCn1c(N)nc2cc(F)c(OC)cc21. The fourth-order valence-electron chi connectivity index (χ4n) is 2.52. The summed E-state index contributed by atoms with van der Waals surface area (Å²) >= 11 is 0. The molecule has 1 heterocycles. The van der Waals surface area contributed by atoms with Gasteiger partial charge in [0.2, 0.25) is 5.95 Å². The number of benzene rings is 1. The summed E-state index contributed by atoms with van der Waals surface area (Å²) in [4.78, 5) is 6.58. The Kier molecular flexibility index (Phi) is 5.01. The average Bonchev–Trinajstić information content (AvgIpc) is 2.77. The van der Waals surface area contributed by atoms with Gasteiger partial charge in [0, 0.05) is 25.2 Å². The molecule has 0 spiro atoms. The highest BCUT2D eigenvalue weighted by Gasteiger charge is 2.13. The van der Waals surface area contributed by atoms with Gasteiger partial charge < -0.3 is 19.9 Å². The third-order valence-electron chi connectivity index (χ3n) is 3.68. The van der Waals surface area contributed by atoms with Gasteiger partial charge in [0.1, 0.15) is 0 Å². The van der Waals surface area contributed by atoms with Crippen molar-refractivity contribution < 1.29 is 9.13 Å². The van der Waals surface area contributed by atoms with E-state index in [1.54, 1.807) is 6.07 Å². The maximum Gasteiger partial charge on any atom is 0.201 e. The first kappa shape index (κ1) is 15.6. The lowest BCUT2D eigenvalue weighted by Crippen LogP contribution is -2.28. The van der Waals surface area contributed by atoms with E-state index < -0.39 is 5.82 Å². The minimum atomic E-state index is -0.421. The van der Waals surface area contributed by atoms with Gasteiger partial charge >= 0.3 is 0 Å². The third kappa shape index (κ3) is 3.26. The van der Waals surface area contributed by atoms with Gasteiger partial charge in [-0.05, 0) is 19.5 Å². The number of anilines is 1. The standard InChI is InChI=1S/C15H23FN4O/c1-4-6-19(5-2)7-8-20-13-10-14(21-3)11(16)9-12(13)18-15(20)17/h9-10H,4-8H2,1-3H3,(H2,17,18). The topological polar surface area (TPSA) is 56.3 Å². The van der Waals surface area contributed by atoms with E-state index >= 15 is 0 Å². The second-order valence-corrected chi connectivity index (χ2v) is 5.03. The molecule has 2 rings (SSSR count). The minimum Gasteiger partial charge on any atom is -0.494 e. The molecule has 0 aliphatic carbocycles. The molecule has 1 aromatic carbocycles. The van der Waals surface area contributed by atoms with Crippen LogP contribution >= 0.6 is 0 Å². The van der Waals surface area contributed by atoms with Crippen molar-refractivity contribution in [3.8, 4) is 5.75 Å². The van der Waals surface area contributed by atoms with Crippen LogP contribution in [0.3, 0.4) is 0 Å². The molecule has 0 fully saturated rings. The molecule has 21 heavy (non-hydrogen) atoms. The first-order valence-corrected chi connectivity index (χ1v) is 7.32. The molecule has 0 unspecified atom stereocenters. The lowest BCUT2D eigenvalue weighted by atomic mass is 10.3. The highest BCUT2D eigenvalue weighted by atomic mass is 19.1. The Labute approximate surface area is 124 Å². The van der Waals surface area contributed by atoms with Gasteiger partial charge in [-0.25, -0.2) is 9.37 Å². The van der Waals surface area contributed by atoms with Crippen LogP contribution in [0.4, 0.5) is 10.3 Å². The molecule has 5 nitrogen and oxygen atoms in total. The van der Waals surface area contributed by atoms with E-state index in [1.807, 2.05) is 4.57 Å². The fraction of sp³-hybridized carbons (Fsp3) is 0.533. The van der Waals surface area contributed by atoms with Crippen molar-refractivity contribution >= 4 is 17.0 Å². The Hall–Kier alpha value is -1.82. The average molecular weight is 294 g/mol. The number of rotatable bonds is 7. The number of hydrogen-bond donors (Lipinski definition) is 1. The summed E-state index contributed by atoms with van der Waals surface area (Å²) in [5.74, 6) is 0.200. The van der Waals surface area contributed by atoms with Crippen LogP contribution in [-0.4, -0.2) is 41.2 Å². The van der Waals surface area contributed by atoms with Crippen molar-refractivity contribution in [3.05, 3.63) is 17.9 Å². The molecule has 0 saturated carbocycles. The van der Waals surface area contributed by atoms with E-state index in [2.05, 4.69) is 23.7 Å². The molecule has 2 N–H and O–H groups in total. The van der Waals surface area contributed by atoms with E-state index in [0.717, 1.165) is 38.1 Å². The normalized spacial score (nSPS) is 11.5. The Balaban J connectivity index is 2.28. The summed E-state index contributed by atoms with van der Waals surface area (Å²) in [6.45, 7) is 7.98. The zero-order chi connectivity index (χ0) is 15.4. The number of fused-ring (bicyclic) bond motifs is 1. The van der Waals surface area contributed by atoms with E-state index in [-0.39, 0.29) is 5.75 Å². The van der Waals surface area contributed by atoms with E-state index in [9.17, 15) is 4.39 Å². The number of nitrogen functional groups attached to an aromatic ring is 1. The molecule has 6 heteroatoms. The van der Waals surface area contributed by atoms with Gasteiger partial charge in [0.15, 0.2) is 11.6 Å². The van der Waals surface area contributed by atoms with Crippen molar-refractivity contribution in [1.29, 1.82) is 0 Å². The first-order chi connectivity index (χ1) is 10.1. The van der Waals surface area contributed by atoms with E-state index in [0.29, 0.717) is 11.5 Å². The number of halogens is 1. The first-order valence-electron chi connectivity index (χ1n) is 7.32.